The summed E-state index contributed by atoms with van der Waals surface area (Å²) >= 11 is 7.56. The molecule has 5 rings (SSSR count). The van der Waals surface area contributed by atoms with E-state index in [2.05, 4.69) is 10.1 Å². The zero-order valence-corrected chi connectivity index (χ0v) is 19.5. The van der Waals surface area contributed by atoms with Crippen molar-refractivity contribution in [2.45, 2.75) is 0 Å². The van der Waals surface area contributed by atoms with E-state index in [0.29, 0.717) is 32.0 Å². The Morgan fingerprint density at radius 1 is 0.912 bits per heavy atom. The molecule has 0 bridgehead atoms. The smallest absolute Gasteiger partial charge is 0.293 e. The Kier molecular flexibility index (Phi) is 6.12. The van der Waals surface area contributed by atoms with Crippen LogP contribution in [0.5, 0.6) is 0 Å². The highest BCUT2D eigenvalue weighted by Crippen LogP contribution is 2.26. The molecule has 1 fully saturated rings. The van der Waals surface area contributed by atoms with E-state index < -0.39 is 5.82 Å². The van der Waals surface area contributed by atoms with Gasteiger partial charge in [0.25, 0.3) is 11.8 Å². The lowest BCUT2D eigenvalue weighted by atomic mass is 10.1. The van der Waals surface area contributed by atoms with Crippen molar-refractivity contribution in [3.63, 3.8) is 0 Å². The summed E-state index contributed by atoms with van der Waals surface area (Å²) < 4.78 is 15.0. The van der Waals surface area contributed by atoms with Crippen molar-refractivity contribution < 1.29 is 14.0 Å². The molecule has 1 aliphatic heterocycles. The van der Waals surface area contributed by atoms with Crippen LogP contribution in [0.15, 0.2) is 66.0 Å². The van der Waals surface area contributed by atoms with Crippen LogP contribution in [-0.2, 0) is 0 Å². The third kappa shape index (κ3) is 4.32. The first-order valence-corrected chi connectivity index (χ1v) is 11.9. The van der Waals surface area contributed by atoms with Gasteiger partial charge in [-0.2, -0.15) is 0 Å². The molecule has 4 aromatic rings. The van der Waals surface area contributed by atoms with Gasteiger partial charge in [-0.1, -0.05) is 35.9 Å². The highest BCUT2D eigenvalue weighted by Gasteiger charge is 2.29. The summed E-state index contributed by atoms with van der Waals surface area (Å²) in [4.78, 5) is 34.7. The molecule has 0 aliphatic carbocycles. The first-order chi connectivity index (χ1) is 16.5. The van der Waals surface area contributed by atoms with Gasteiger partial charge in [0.05, 0.1) is 21.2 Å². The minimum atomic E-state index is -0.499. The van der Waals surface area contributed by atoms with Crippen molar-refractivity contribution in [1.29, 1.82) is 0 Å². The first-order valence-electron chi connectivity index (χ1n) is 10.6. The number of carbonyl (C=O) groups is 2. The average molecular weight is 496 g/mol. The highest BCUT2D eigenvalue weighted by molar-refractivity contribution is 7.13. The van der Waals surface area contributed by atoms with Crippen LogP contribution in [0.4, 0.5) is 4.39 Å². The first kappa shape index (κ1) is 22.2. The molecular formula is C24H19ClFN5O2S. The van der Waals surface area contributed by atoms with Crippen LogP contribution in [-0.4, -0.2) is 62.6 Å². The number of nitrogens with zero attached hydrogens (tertiary/aromatic N) is 5. The van der Waals surface area contributed by atoms with Crippen molar-refractivity contribution in [1.82, 2.24) is 24.6 Å². The summed E-state index contributed by atoms with van der Waals surface area (Å²) in [7, 11) is 0. The fourth-order valence-corrected chi connectivity index (χ4v) is 4.75. The Labute approximate surface area is 204 Å². The van der Waals surface area contributed by atoms with Crippen LogP contribution in [0.2, 0.25) is 5.02 Å². The second-order valence-electron chi connectivity index (χ2n) is 7.69. The van der Waals surface area contributed by atoms with Crippen LogP contribution >= 0.6 is 22.9 Å². The number of hydrogen-bond acceptors (Lipinski definition) is 5. The van der Waals surface area contributed by atoms with E-state index >= 15 is 0 Å². The standard InChI is InChI=1S/C24H19ClFN5O2S/c25-19-15-16(26)8-9-18(19)23(32)29-10-12-30(13-11-29)24(33)21-27-22(20-7-4-14-34-20)31(28-21)17-5-2-1-3-6-17/h1-9,14-15H,10-13H2. The molecule has 3 heterocycles. The fourth-order valence-electron chi connectivity index (χ4n) is 3.80. The molecule has 1 aliphatic rings. The molecule has 0 radical (unpaired) electrons. The zero-order chi connectivity index (χ0) is 23.7. The second-order valence-corrected chi connectivity index (χ2v) is 9.05. The van der Waals surface area contributed by atoms with E-state index in [4.69, 9.17) is 11.6 Å². The molecule has 10 heteroatoms. The number of thiophene rings is 1. The van der Waals surface area contributed by atoms with E-state index in [9.17, 15) is 14.0 Å². The number of aromatic nitrogens is 3. The molecule has 0 N–H and O–H groups in total. The number of carbonyl (C=O) groups excluding carboxylic acids is 2. The molecule has 2 amide bonds. The Morgan fingerprint density at radius 3 is 2.26 bits per heavy atom. The molecule has 0 saturated carbocycles. The maximum absolute atomic E-state index is 13.3. The molecule has 34 heavy (non-hydrogen) atoms. The van der Waals surface area contributed by atoms with Gasteiger partial charge >= 0.3 is 0 Å². The Morgan fingerprint density at radius 2 is 1.62 bits per heavy atom. The molecule has 2 aromatic heterocycles. The largest absolute Gasteiger partial charge is 0.335 e. The van der Waals surface area contributed by atoms with Crippen LogP contribution < -0.4 is 0 Å². The summed E-state index contributed by atoms with van der Waals surface area (Å²) in [6.07, 6.45) is 0. The molecular weight excluding hydrogens is 477 g/mol. The lowest BCUT2D eigenvalue weighted by Gasteiger charge is -2.34. The van der Waals surface area contributed by atoms with Crippen molar-refractivity contribution in [3.05, 3.63) is 88.3 Å². The zero-order valence-electron chi connectivity index (χ0n) is 17.9. The Hall–Kier alpha value is -3.56. The average Bonchev–Trinajstić information content (AvgIpc) is 3.54. The lowest BCUT2D eigenvalue weighted by Crippen LogP contribution is -2.50. The van der Waals surface area contributed by atoms with Gasteiger partial charge in [-0.25, -0.2) is 14.1 Å². The summed E-state index contributed by atoms with van der Waals surface area (Å²) in [6, 6.07) is 17.1. The normalized spacial score (nSPS) is 13.8. The number of rotatable bonds is 4. The maximum Gasteiger partial charge on any atom is 0.293 e. The SMILES string of the molecule is O=C(c1nc(-c2cccs2)n(-c2ccccc2)n1)N1CCN(C(=O)c2ccc(F)cc2Cl)CC1. The predicted octanol–water partition coefficient (Wildman–Crippen LogP) is 4.39. The lowest BCUT2D eigenvalue weighted by molar-refractivity contribution is 0.0529. The topological polar surface area (TPSA) is 71.3 Å². The molecule has 172 valence electrons. The third-order valence-corrected chi connectivity index (χ3v) is 6.73. The Balaban J connectivity index is 1.33. The van der Waals surface area contributed by atoms with Crippen molar-refractivity contribution in [2.75, 3.05) is 26.2 Å². The van der Waals surface area contributed by atoms with Crippen LogP contribution in [0, 0.1) is 5.82 Å². The van der Waals surface area contributed by atoms with Gasteiger partial charge in [0, 0.05) is 26.2 Å². The van der Waals surface area contributed by atoms with Crippen molar-refractivity contribution in [2.24, 2.45) is 0 Å². The van der Waals surface area contributed by atoms with Crippen LogP contribution in [0.25, 0.3) is 16.4 Å². The molecule has 0 atom stereocenters. The van der Waals surface area contributed by atoms with E-state index in [0.717, 1.165) is 16.6 Å². The van der Waals surface area contributed by atoms with Gasteiger partial charge in [-0.15, -0.1) is 16.4 Å². The van der Waals surface area contributed by atoms with Gasteiger partial charge in [0.1, 0.15) is 5.82 Å². The highest BCUT2D eigenvalue weighted by atomic mass is 35.5. The number of benzene rings is 2. The molecule has 2 aromatic carbocycles. The molecule has 1 saturated heterocycles. The summed E-state index contributed by atoms with van der Waals surface area (Å²) in [6.45, 7) is 1.32. The van der Waals surface area contributed by atoms with Crippen LogP contribution in [0.1, 0.15) is 21.0 Å². The summed E-state index contributed by atoms with van der Waals surface area (Å²) in [5.41, 5.74) is 1.05. The van der Waals surface area contributed by atoms with Gasteiger partial charge < -0.3 is 9.80 Å². The number of amides is 2. The maximum atomic E-state index is 13.3. The molecule has 0 unspecified atom stereocenters. The molecule has 7 nitrogen and oxygen atoms in total. The fraction of sp³-hybridized carbons (Fsp3) is 0.167. The second kappa shape index (κ2) is 9.36. The van der Waals surface area contributed by atoms with E-state index in [1.54, 1.807) is 14.5 Å². The van der Waals surface area contributed by atoms with Crippen molar-refractivity contribution >= 4 is 34.8 Å². The van der Waals surface area contributed by atoms with Gasteiger partial charge in [0.15, 0.2) is 5.82 Å². The minimum Gasteiger partial charge on any atom is -0.335 e. The number of halogens is 2. The van der Waals surface area contributed by atoms with E-state index in [1.807, 2.05) is 47.8 Å². The summed E-state index contributed by atoms with van der Waals surface area (Å²) in [5, 5.41) is 6.54. The van der Waals surface area contributed by atoms with Gasteiger partial charge in [-0.3, -0.25) is 9.59 Å². The predicted molar refractivity (Wildman–Crippen MR) is 128 cm³/mol. The number of hydrogen-bond donors (Lipinski definition) is 0. The minimum absolute atomic E-state index is 0.0697. The van der Waals surface area contributed by atoms with E-state index in [-0.39, 0.29) is 28.2 Å². The van der Waals surface area contributed by atoms with Crippen molar-refractivity contribution in [3.8, 4) is 16.4 Å². The number of para-hydroxylation sites is 1. The monoisotopic (exact) mass is 495 g/mol. The third-order valence-electron chi connectivity index (χ3n) is 5.56. The summed E-state index contributed by atoms with van der Waals surface area (Å²) in [5.74, 6) is -0.373. The number of piperazine rings is 1. The quantitative estimate of drug-likeness (QED) is 0.421. The Bertz CT molecular complexity index is 1330. The van der Waals surface area contributed by atoms with E-state index in [1.165, 1.54) is 23.5 Å². The van der Waals surface area contributed by atoms with Gasteiger partial charge in [-0.05, 0) is 41.8 Å². The molecule has 0 spiro atoms. The van der Waals surface area contributed by atoms with Crippen LogP contribution in [0.3, 0.4) is 0 Å². The van der Waals surface area contributed by atoms with Gasteiger partial charge in [0.2, 0.25) is 5.82 Å².